The summed E-state index contributed by atoms with van der Waals surface area (Å²) in [5.74, 6) is 0.434. The highest BCUT2D eigenvalue weighted by molar-refractivity contribution is 9.12. The average Bonchev–Trinajstić information content (AvgIpc) is 2.75. The molecule has 100 valence electrons. The molecule has 0 bridgehead atoms. The number of hydrogen-bond acceptors (Lipinski definition) is 4. The fraction of sp³-hybridized carbons (Fsp3) is 0.167. The van der Waals surface area contributed by atoms with Crippen LogP contribution in [0, 0.1) is 0 Å². The van der Waals surface area contributed by atoms with E-state index in [1.165, 1.54) is 11.3 Å². The van der Waals surface area contributed by atoms with E-state index in [2.05, 4.69) is 42.2 Å². The van der Waals surface area contributed by atoms with Crippen LogP contribution in [-0.4, -0.2) is 18.0 Å². The fourth-order valence-electron chi connectivity index (χ4n) is 1.41. The van der Waals surface area contributed by atoms with Gasteiger partial charge in [-0.1, -0.05) is 6.07 Å². The molecule has 0 atom stereocenters. The second-order valence-corrected chi connectivity index (χ2v) is 7.38. The molecule has 2 rings (SSSR count). The highest BCUT2D eigenvalue weighted by atomic mass is 79.9. The van der Waals surface area contributed by atoms with Crippen molar-refractivity contribution in [2.75, 3.05) is 7.11 Å². The number of halogens is 2. The van der Waals surface area contributed by atoms with Gasteiger partial charge in [-0.25, -0.2) is 4.98 Å². The SMILES string of the molecule is COc1ccc(CNC(=O)c2cc(Br)sc2Br)cn1. The Morgan fingerprint density at radius 2 is 2.26 bits per heavy atom. The maximum Gasteiger partial charge on any atom is 0.253 e. The van der Waals surface area contributed by atoms with Crippen LogP contribution in [0.15, 0.2) is 32.0 Å². The lowest BCUT2D eigenvalue weighted by molar-refractivity contribution is 0.0950. The summed E-state index contributed by atoms with van der Waals surface area (Å²) in [5, 5.41) is 2.84. The second kappa shape index (κ2) is 6.49. The maximum absolute atomic E-state index is 12.0. The van der Waals surface area contributed by atoms with E-state index in [-0.39, 0.29) is 5.91 Å². The summed E-state index contributed by atoms with van der Waals surface area (Å²) in [4.78, 5) is 16.1. The van der Waals surface area contributed by atoms with Gasteiger partial charge in [-0.15, -0.1) is 11.3 Å². The van der Waals surface area contributed by atoms with Gasteiger partial charge >= 0.3 is 0 Å². The van der Waals surface area contributed by atoms with E-state index < -0.39 is 0 Å². The molecule has 2 aromatic rings. The number of pyridine rings is 1. The number of ether oxygens (including phenoxy) is 1. The third-order valence-electron chi connectivity index (χ3n) is 2.36. The lowest BCUT2D eigenvalue weighted by Crippen LogP contribution is -2.22. The number of methoxy groups -OCH3 is 1. The van der Waals surface area contributed by atoms with E-state index in [9.17, 15) is 4.79 Å². The summed E-state index contributed by atoms with van der Waals surface area (Å²) in [6, 6.07) is 5.42. The molecule has 0 saturated heterocycles. The van der Waals surface area contributed by atoms with Crippen molar-refractivity contribution in [1.82, 2.24) is 10.3 Å². The van der Waals surface area contributed by atoms with Crippen LogP contribution < -0.4 is 10.1 Å². The number of aromatic nitrogens is 1. The molecule has 4 nitrogen and oxygen atoms in total. The quantitative estimate of drug-likeness (QED) is 0.845. The minimum atomic E-state index is -0.121. The predicted octanol–water partition coefficient (Wildman–Crippen LogP) is 3.61. The Morgan fingerprint density at radius 3 is 2.79 bits per heavy atom. The number of nitrogens with one attached hydrogen (secondary N) is 1. The van der Waals surface area contributed by atoms with Gasteiger partial charge in [-0.3, -0.25) is 4.79 Å². The highest BCUT2D eigenvalue weighted by Crippen LogP contribution is 2.31. The van der Waals surface area contributed by atoms with Crippen molar-refractivity contribution < 1.29 is 9.53 Å². The van der Waals surface area contributed by atoms with E-state index in [1.54, 1.807) is 25.4 Å². The topological polar surface area (TPSA) is 51.2 Å². The minimum absolute atomic E-state index is 0.121. The van der Waals surface area contributed by atoms with Gasteiger partial charge in [0.1, 0.15) is 0 Å². The highest BCUT2D eigenvalue weighted by Gasteiger charge is 2.13. The van der Waals surface area contributed by atoms with Gasteiger partial charge in [0.2, 0.25) is 5.88 Å². The van der Waals surface area contributed by atoms with Crippen molar-refractivity contribution in [3.8, 4) is 5.88 Å². The predicted molar refractivity (Wildman–Crippen MR) is 81.7 cm³/mol. The molecular formula is C12H10Br2N2O2S. The molecule has 1 amide bonds. The Bertz CT molecular complexity index is 584. The largest absolute Gasteiger partial charge is 0.481 e. The van der Waals surface area contributed by atoms with E-state index in [0.29, 0.717) is 18.0 Å². The van der Waals surface area contributed by atoms with E-state index in [4.69, 9.17) is 4.74 Å². The van der Waals surface area contributed by atoms with Crippen LogP contribution in [0.5, 0.6) is 5.88 Å². The first kappa shape index (κ1) is 14.5. The summed E-state index contributed by atoms with van der Waals surface area (Å²) in [5.41, 5.74) is 1.54. The molecule has 19 heavy (non-hydrogen) atoms. The van der Waals surface area contributed by atoms with Gasteiger partial charge in [0.15, 0.2) is 0 Å². The third kappa shape index (κ3) is 3.77. The van der Waals surface area contributed by atoms with Gasteiger partial charge in [0.25, 0.3) is 5.91 Å². The number of carbonyl (C=O) groups is 1. The first-order valence-corrected chi connectivity index (χ1v) is 7.72. The Balaban J connectivity index is 1.98. The van der Waals surface area contributed by atoms with Gasteiger partial charge in [0.05, 0.1) is 20.2 Å². The lowest BCUT2D eigenvalue weighted by Gasteiger charge is -2.05. The number of hydrogen-bond donors (Lipinski definition) is 1. The summed E-state index contributed by atoms with van der Waals surface area (Å²) in [7, 11) is 1.57. The van der Waals surface area contributed by atoms with E-state index >= 15 is 0 Å². The van der Waals surface area contributed by atoms with Gasteiger partial charge in [-0.2, -0.15) is 0 Å². The smallest absolute Gasteiger partial charge is 0.253 e. The summed E-state index contributed by atoms with van der Waals surface area (Å²) in [6.45, 7) is 0.426. The molecule has 0 saturated carbocycles. The molecule has 0 aliphatic rings. The molecule has 0 aromatic carbocycles. The Hall–Kier alpha value is -0.920. The van der Waals surface area contributed by atoms with Gasteiger partial charge in [-0.05, 0) is 43.5 Å². The van der Waals surface area contributed by atoms with Crippen molar-refractivity contribution in [3.05, 3.63) is 43.1 Å². The Kier molecular flexibility index (Phi) is 4.95. The summed E-state index contributed by atoms with van der Waals surface area (Å²) >= 11 is 8.18. The number of rotatable bonds is 4. The summed E-state index contributed by atoms with van der Waals surface area (Å²) < 4.78 is 6.70. The summed E-state index contributed by atoms with van der Waals surface area (Å²) in [6.07, 6.45) is 1.68. The van der Waals surface area contributed by atoms with Crippen LogP contribution in [0.1, 0.15) is 15.9 Å². The first-order valence-electron chi connectivity index (χ1n) is 5.32. The molecule has 0 unspecified atom stereocenters. The van der Waals surface area contributed by atoms with Crippen LogP contribution in [-0.2, 0) is 6.54 Å². The van der Waals surface area contributed by atoms with Crippen LogP contribution in [0.25, 0.3) is 0 Å². The van der Waals surface area contributed by atoms with Gasteiger partial charge in [0, 0.05) is 18.8 Å². The van der Waals surface area contributed by atoms with Crippen LogP contribution in [0.2, 0.25) is 0 Å². The molecule has 0 aliphatic heterocycles. The molecule has 1 N–H and O–H groups in total. The second-order valence-electron chi connectivity index (χ2n) is 3.63. The zero-order valence-corrected chi connectivity index (χ0v) is 13.9. The molecule has 2 heterocycles. The van der Waals surface area contributed by atoms with Crippen molar-refractivity contribution in [3.63, 3.8) is 0 Å². The zero-order valence-electron chi connectivity index (χ0n) is 9.94. The fourth-order valence-corrected chi connectivity index (χ4v) is 4.20. The van der Waals surface area contributed by atoms with Crippen molar-refractivity contribution in [2.24, 2.45) is 0 Å². The Morgan fingerprint density at radius 1 is 1.47 bits per heavy atom. The number of thiophene rings is 1. The molecular weight excluding hydrogens is 396 g/mol. The van der Waals surface area contributed by atoms with Crippen molar-refractivity contribution in [2.45, 2.75) is 6.54 Å². The maximum atomic E-state index is 12.0. The third-order valence-corrected chi connectivity index (χ3v) is 4.70. The first-order chi connectivity index (χ1) is 9.10. The molecule has 2 aromatic heterocycles. The Labute approximate surface area is 131 Å². The average molecular weight is 406 g/mol. The van der Waals surface area contributed by atoms with Crippen molar-refractivity contribution in [1.29, 1.82) is 0 Å². The van der Waals surface area contributed by atoms with Gasteiger partial charge < -0.3 is 10.1 Å². The molecule has 0 aliphatic carbocycles. The zero-order chi connectivity index (χ0) is 13.8. The standard InChI is InChI=1S/C12H10Br2N2O2S/c1-18-10-3-2-7(5-15-10)6-16-12(17)8-4-9(13)19-11(8)14/h2-5H,6H2,1H3,(H,16,17). The molecule has 0 radical (unpaired) electrons. The number of nitrogens with zero attached hydrogens (tertiary/aromatic N) is 1. The molecule has 7 heteroatoms. The lowest BCUT2D eigenvalue weighted by atomic mass is 10.2. The monoisotopic (exact) mass is 404 g/mol. The van der Waals surface area contributed by atoms with Crippen LogP contribution in [0.3, 0.4) is 0 Å². The van der Waals surface area contributed by atoms with Crippen LogP contribution >= 0.6 is 43.2 Å². The molecule has 0 fully saturated rings. The number of amides is 1. The molecule has 0 spiro atoms. The normalized spacial score (nSPS) is 10.3. The van der Waals surface area contributed by atoms with E-state index in [0.717, 1.165) is 13.1 Å². The van der Waals surface area contributed by atoms with E-state index in [1.807, 2.05) is 6.07 Å². The minimum Gasteiger partial charge on any atom is -0.481 e. The van der Waals surface area contributed by atoms with Crippen LogP contribution in [0.4, 0.5) is 0 Å². The van der Waals surface area contributed by atoms with Crippen molar-refractivity contribution >= 4 is 49.1 Å². The number of carbonyl (C=O) groups excluding carboxylic acids is 1.